The number of aryl methyl sites for hydroxylation is 1. The molecule has 0 aliphatic heterocycles. The first-order valence-electron chi connectivity index (χ1n) is 6.52. The van der Waals surface area contributed by atoms with Crippen LogP contribution in [0.25, 0.3) is 0 Å². The second kappa shape index (κ2) is 7.85. The van der Waals surface area contributed by atoms with Gasteiger partial charge in [-0.15, -0.1) is 0 Å². The highest BCUT2D eigenvalue weighted by Gasteiger charge is 2.06. The van der Waals surface area contributed by atoms with Gasteiger partial charge in [0.15, 0.2) is 5.11 Å². The van der Waals surface area contributed by atoms with E-state index in [1.54, 1.807) is 18.3 Å². The van der Waals surface area contributed by atoms with Crippen molar-refractivity contribution >= 4 is 44.6 Å². The first-order valence-corrected chi connectivity index (χ1v) is 7.72. The molecule has 0 radical (unpaired) electrons. The Morgan fingerprint density at radius 2 is 2.32 bits per heavy atom. The zero-order valence-electron chi connectivity index (χ0n) is 11.5. The molecule has 0 bridgehead atoms. The Morgan fingerprint density at radius 1 is 1.50 bits per heavy atom. The summed E-state index contributed by atoms with van der Waals surface area (Å²) in [6.07, 6.45) is 4.49. The lowest BCUT2D eigenvalue weighted by atomic mass is 10.3. The smallest absolute Gasteiger partial charge is 0.271 e. The molecule has 0 unspecified atom stereocenters. The number of anilines is 1. The highest BCUT2D eigenvalue weighted by molar-refractivity contribution is 9.10. The molecule has 7 nitrogen and oxygen atoms in total. The van der Waals surface area contributed by atoms with E-state index < -0.39 is 4.92 Å². The van der Waals surface area contributed by atoms with Gasteiger partial charge in [0.05, 0.1) is 15.6 Å². The van der Waals surface area contributed by atoms with Gasteiger partial charge in [0.25, 0.3) is 5.69 Å². The minimum Gasteiger partial charge on any atom is -0.362 e. The molecule has 0 amide bonds. The monoisotopic (exact) mass is 383 g/mol. The summed E-state index contributed by atoms with van der Waals surface area (Å²) >= 11 is 8.50. The Hall–Kier alpha value is -2.00. The molecule has 0 saturated carbocycles. The molecular weight excluding hydrogens is 370 g/mol. The van der Waals surface area contributed by atoms with E-state index in [0.717, 1.165) is 17.4 Å². The third kappa shape index (κ3) is 5.08. The number of rotatable bonds is 6. The Kier molecular flexibility index (Phi) is 5.84. The zero-order valence-corrected chi connectivity index (χ0v) is 13.9. The van der Waals surface area contributed by atoms with Crippen molar-refractivity contribution in [2.45, 2.75) is 13.0 Å². The summed E-state index contributed by atoms with van der Waals surface area (Å²) in [7, 11) is 0. The van der Waals surface area contributed by atoms with Crippen molar-refractivity contribution in [3.63, 3.8) is 0 Å². The average Bonchev–Trinajstić information content (AvgIpc) is 2.89. The molecule has 116 valence electrons. The molecule has 2 rings (SSSR count). The van der Waals surface area contributed by atoms with Gasteiger partial charge in [0, 0.05) is 37.1 Å². The number of nitro groups is 1. The molecule has 0 aliphatic rings. The van der Waals surface area contributed by atoms with Gasteiger partial charge in [-0.1, -0.05) is 6.07 Å². The summed E-state index contributed by atoms with van der Waals surface area (Å²) in [6.45, 7) is 1.45. The van der Waals surface area contributed by atoms with Crippen LogP contribution in [-0.4, -0.2) is 26.4 Å². The van der Waals surface area contributed by atoms with E-state index in [4.69, 9.17) is 12.2 Å². The average molecular weight is 384 g/mol. The number of hydrogen-bond donors (Lipinski definition) is 2. The van der Waals surface area contributed by atoms with Crippen LogP contribution in [0.5, 0.6) is 0 Å². The van der Waals surface area contributed by atoms with E-state index in [-0.39, 0.29) is 5.69 Å². The summed E-state index contributed by atoms with van der Waals surface area (Å²) in [5.74, 6) is 0. The maximum Gasteiger partial charge on any atom is 0.271 e. The standard InChI is InChI=1S/C13H14BrN5O2S/c14-10-8-16-18(9-10)6-2-5-15-13(22)17-11-3-1-4-12(7-11)19(20)21/h1,3-4,7-9H,2,5-6H2,(H2,15,17,22). The minimum absolute atomic E-state index is 0.0251. The number of halogens is 1. The van der Waals surface area contributed by atoms with E-state index in [1.807, 2.05) is 10.9 Å². The molecule has 0 aliphatic carbocycles. The van der Waals surface area contributed by atoms with Crippen LogP contribution in [0.1, 0.15) is 6.42 Å². The van der Waals surface area contributed by atoms with Crippen molar-refractivity contribution < 1.29 is 4.92 Å². The van der Waals surface area contributed by atoms with E-state index in [1.165, 1.54) is 12.1 Å². The fourth-order valence-electron chi connectivity index (χ4n) is 1.78. The fraction of sp³-hybridized carbons (Fsp3) is 0.231. The molecule has 0 saturated heterocycles. The predicted octanol–water partition coefficient (Wildman–Crippen LogP) is 2.93. The minimum atomic E-state index is -0.441. The zero-order chi connectivity index (χ0) is 15.9. The summed E-state index contributed by atoms with van der Waals surface area (Å²) in [5.41, 5.74) is 0.611. The summed E-state index contributed by atoms with van der Waals surface area (Å²) in [4.78, 5) is 10.3. The third-order valence-corrected chi connectivity index (χ3v) is 3.42. The third-order valence-electron chi connectivity index (χ3n) is 2.77. The van der Waals surface area contributed by atoms with E-state index in [9.17, 15) is 10.1 Å². The Bertz CT molecular complexity index is 676. The van der Waals surface area contributed by atoms with Crippen molar-refractivity contribution in [1.82, 2.24) is 15.1 Å². The van der Waals surface area contributed by atoms with Gasteiger partial charge in [-0.25, -0.2) is 0 Å². The first kappa shape index (κ1) is 16.4. The molecule has 22 heavy (non-hydrogen) atoms. The van der Waals surface area contributed by atoms with Crippen LogP contribution in [-0.2, 0) is 6.54 Å². The Morgan fingerprint density at radius 3 is 3.00 bits per heavy atom. The molecule has 9 heteroatoms. The first-order chi connectivity index (χ1) is 10.5. The number of thiocarbonyl (C=S) groups is 1. The number of nitrogens with one attached hydrogen (secondary N) is 2. The maximum atomic E-state index is 10.7. The lowest BCUT2D eigenvalue weighted by Gasteiger charge is -2.10. The summed E-state index contributed by atoms with van der Waals surface area (Å²) in [5, 5.41) is 21.3. The van der Waals surface area contributed by atoms with Gasteiger partial charge >= 0.3 is 0 Å². The molecule has 0 atom stereocenters. The van der Waals surface area contributed by atoms with Gasteiger partial charge in [-0.05, 0) is 40.6 Å². The lowest BCUT2D eigenvalue weighted by Crippen LogP contribution is -2.29. The number of nitrogens with zero attached hydrogens (tertiary/aromatic N) is 3. The van der Waals surface area contributed by atoms with Crippen LogP contribution in [0.4, 0.5) is 11.4 Å². The van der Waals surface area contributed by atoms with Crippen molar-refractivity contribution in [2.24, 2.45) is 0 Å². The highest BCUT2D eigenvalue weighted by Crippen LogP contribution is 2.16. The quantitative estimate of drug-likeness (QED) is 0.345. The van der Waals surface area contributed by atoms with Gasteiger partial charge < -0.3 is 10.6 Å². The highest BCUT2D eigenvalue weighted by atomic mass is 79.9. The Balaban J connectivity index is 1.73. The van der Waals surface area contributed by atoms with E-state index in [2.05, 4.69) is 31.7 Å². The fourth-order valence-corrected chi connectivity index (χ4v) is 2.32. The largest absolute Gasteiger partial charge is 0.362 e. The maximum absolute atomic E-state index is 10.7. The van der Waals surface area contributed by atoms with Gasteiger partial charge in [-0.2, -0.15) is 5.10 Å². The van der Waals surface area contributed by atoms with E-state index in [0.29, 0.717) is 17.3 Å². The van der Waals surface area contributed by atoms with Crippen LogP contribution in [0.3, 0.4) is 0 Å². The number of aromatic nitrogens is 2. The lowest BCUT2D eigenvalue weighted by molar-refractivity contribution is -0.384. The molecule has 1 aromatic carbocycles. The second-order valence-electron chi connectivity index (χ2n) is 4.46. The SMILES string of the molecule is O=[N+]([O-])c1cccc(NC(=S)NCCCn2cc(Br)cn2)c1. The normalized spacial score (nSPS) is 10.2. The molecule has 1 heterocycles. The van der Waals surface area contributed by atoms with Crippen LogP contribution in [0, 0.1) is 10.1 Å². The van der Waals surface area contributed by atoms with Crippen molar-refractivity contribution in [3.8, 4) is 0 Å². The van der Waals surface area contributed by atoms with Crippen molar-refractivity contribution in [3.05, 3.63) is 51.2 Å². The van der Waals surface area contributed by atoms with Crippen molar-refractivity contribution in [1.29, 1.82) is 0 Å². The molecule has 1 aromatic heterocycles. The molecule has 2 aromatic rings. The molecular formula is C13H14BrN5O2S. The van der Waals surface area contributed by atoms with Gasteiger partial charge in [-0.3, -0.25) is 14.8 Å². The van der Waals surface area contributed by atoms with Crippen molar-refractivity contribution in [2.75, 3.05) is 11.9 Å². The summed E-state index contributed by atoms with van der Waals surface area (Å²) < 4.78 is 2.78. The number of benzene rings is 1. The second-order valence-corrected chi connectivity index (χ2v) is 5.79. The number of nitro benzene ring substituents is 1. The van der Waals surface area contributed by atoms with Crippen LogP contribution in [0.2, 0.25) is 0 Å². The molecule has 2 N–H and O–H groups in total. The summed E-state index contributed by atoms with van der Waals surface area (Å²) in [6, 6.07) is 6.21. The Labute approximate surface area is 141 Å². The van der Waals surface area contributed by atoms with Crippen LogP contribution >= 0.6 is 28.1 Å². The van der Waals surface area contributed by atoms with Crippen LogP contribution < -0.4 is 10.6 Å². The van der Waals surface area contributed by atoms with Gasteiger partial charge in [0.2, 0.25) is 0 Å². The van der Waals surface area contributed by atoms with Gasteiger partial charge in [0.1, 0.15) is 0 Å². The van der Waals surface area contributed by atoms with E-state index >= 15 is 0 Å². The predicted molar refractivity (Wildman–Crippen MR) is 91.9 cm³/mol. The number of non-ortho nitro benzene ring substituents is 1. The topological polar surface area (TPSA) is 85.0 Å². The van der Waals surface area contributed by atoms with Crippen LogP contribution in [0.15, 0.2) is 41.1 Å². The number of hydrogen-bond acceptors (Lipinski definition) is 4. The molecule has 0 spiro atoms. The molecule has 0 fully saturated rings.